The molecular formula is C13H22CaO5. The third-order valence-corrected chi connectivity index (χ3v) is 1.94. The topological polar surface area (TPSA) is 76.0 Å². The molecule has 0 aliphatic rings. The molecule has 5 nitrogen and oxygen atoms in total. The Bertz CT molecular complexity index is 351. The summed E-state index contributed by atoms with van der Waals surface area (Å²) in [5.74, 6) is -1.31. The molecule has 19 heavy (non-hydrogen) atoms. The van der Waals surface area contributed by atoms with Crippen molar-refractivity contribution in [3.8, 4) is 5.75 Å². The van der Waals surface area contributed by atoms with Gasteiger partial charge in [0.2, 0.25) is 0 Å². The molecule has 0 fully saturated rings. The van der Waals surface area contributed by atoms with Gasteiger partial charge in [0, 0.05) is 13.2 Å². The third kappa shape index (κ3) is 10.2. The number of aromatic carboxylic acids is 1. The Morgan fingerprint density at radius 3 is 2.00 bits per heavy atom. The number of rotatable bonds is 5. The van der Waals surface area contributed by atoms with Gasteiger partial charge < -0.3 is 19.7 Å². The fourth-order valence-electron chi connectivity index (χ4n) is 1.17. The van der Waals surface area contributed by atoms with Crippen LogP contribution in [0.1, 0.15) is 31.1 Å². The van der Waals surface area contributed by atoms with Gasteiger partial charge >= 0.3 is 43.7 Å². The molecule has 0 aliphatic carbocycles. The molecular weight excluding hydrogens is 276 g/mol. The average molecular weight is 298 g/mol. The van der Waals surface area contributed by atoms with Crippen molar-refractivity contribution < 1.29 is 24.5 Å². The zero-order chi connectivity index (χ0) is 14.0. The summed E-state index contributed by atoms with van der Waals surface area (Å²) in [5.41, 5.74) is -0.0671. The number of ether oxygens (including phenoxy) is 2. The van der Waals surface area contributed by atoms with Crippen LogP contribution in [0.25, 0.3) is 0 Å². The summed E-state index contributed by atoms with van der Waals surface area (Å²) in [6.45, 7) is 7.25. The van der Waals surface area contributed by atoms with Gasteiger partial charge in [0.1, 0.15) is 11.3 Å². The normalized spacial score (nSPS) is 9.26. The number of carboxylic acids is 1. The van der Waals surface area contributed by atoms with Crippen LogP contribution in [0.5, 0.6) is 5.75 Å². The van der Waals surface area contributed by atoms with Gasteiger partial charge in [0.25, 0.3) is 0 Å². The van der Waals surface area contributed by atoms with E-state index in [-0.39, 0.29) is 55.3 Å². The van der Waals surface area contributed by atoms with Crippen molar-refractivity contribution in [3.05, 3.63) is 29.8 Å². The van der Waals surface area contributed by atoms with Crippen molar-refractivity contribution >= 4 is 43.7 Å². The summed E-state index contributed by atoms with van der Waals surface area (Å²) < 4.78 is 10.1. The number of carbonyl (C=O) groups is 1. The zero-order valence-corrected chi connectivity index (χ0v) is 10.9. The van der Waals surface area contributed by atoms with E-state index in [1.807, 2.05) is 20.8 Å². The van der Waals surface area contributed by atoms with Crippen molar-refractivity contribution in [2.24, 2.45) is 0 Å². The van der Waals surface area contributed by atoms with E-state index in [1.165, 1.54) is 12.1 Å². The van der Waals surface area contributed by atoms with Crippen LogP contribution in [0.4, 0.5) is 0 Å². The first-order valence-corrected chi connectivity index (χ1v) is 5.77. The van der Waals surface area contributed by atoms with Gasteiger partial charge in [-0.05, 0) is 32.9 Å². The third-order valence-electron chi connectivity index (χ3n) is 1.94. The molecule has 0 saturated carbocycles. The Kier molecular flexibility index (Phi) is 14.0. The van der Waals surface area contributed by atoms with Crippen LogP contribution in [-0.2, 0) is 9.47 Å². The van der Waals surface area contributed by atoms with Crippen molar-refractivity contribution in [2.45, 2.75) is 27.1 Å². The van der Waals surface area contributed by atoms with Crippen LogP contribution in [0.3, 0.4) is 0 Å². The molecule has 106 valence electrons. The molecule has 6 heteroatoms. The summed E-state index contributed by atoms with van der Waals surface area (Å²) in [7, 11) is 0. The van der Waals surface area contributed by atoms with Crippen molar-refractivity contribution in [2.75, 3.05) is 13.2 Å². The Hall–Kier alpha value is -0.330. The number of para-hydroxylation sites is 1. The molecule has 0 saturated heterocycles. The van der Waals surface area contributed by atoms with E-state index in [2.05, 4.69) is 0 Å². The quantitative estimate of drug-likeness (QED) is 0.637. The maximum atomic E-state index is 10.3. The first-order chi connectivity index (χ1) is 8.52. The molecule has 1 aromatic carbocycles. The molecule has 0 heterocycles. The monoisotopic (exact) mass is 298 g/mol. The van der Waals surface area contributed by atoms with Gasteiger partial charge in [-0.15, -0.1) is 0 Å². The number of hydrogen-bond donors (Lipinski definition) is 2. The Labute approximate surface area is 143 Å². The van der Waals surface area contributed by atoms with Gasteiger partial charge in [-0.1, -0.05) is 12.1 Å². The molecule has 1 aromatic rings. The van der Waals surface area contributed by atoms with Crippen LogP contribution in [0, 0.1) is 0 Å². The van der Waals surface area contributed by atoms with Crippen molar-refractivity contribution in [1.82, 2.24) is 0 Å². The molecule has 0 radical (unpaired) electrons. The molecule has 0 unspecified atom stereocenters. The number of aromatic hydroxyl groups is 1. The van der Waals surface area contributed by atoms with E-state index in [4.69, 9.17) is 19.7 Å². The summed E-state index contributed by atoms with van der Waals surface area (Å²) in [6, 6.07) is 5.81. The van der Waals surface area contributed by atoms with Gasteiger partial charge in [0.15, 0.2) is 6.29 Å². The minimum atomic E-state index is -1.11. The second-order valence-electron chi connectivity index (χ2n) is 3.30. The van der Waals surface area contributed by atoms with Crippen LogP contribution in [-0.4, -0.2) is 73.4 Å². The molecule has 0 aliphatic heterocycles. The van der Waals surface area contributed by atoms with Gasteiger partial charge in [-0.2, -0.15) is 0 Å². The fourth-order valence-corrected chi connectivity index (χ4v) is 1.17. The molecule has 0 atom stereocenters. The Morgan fingerprint density at radius 2 is 1.68 bits per heavy atom. The van der Waals surface area contributed by atoms with E-state index in [0.717, 1.165) is 13.2 Å². The average Bonchev–Trinajstić information content (AvgIpc) is 2.30. The second kappa shape index (κ2) is 12.7. The minimum absolute atomic E-state index is 0. The first kappa shape index (κ1) is 21.0. The maximum absolute atomic E-state index is 10.3. The molecule has 0 amide bonds. The fraction of sp³-hybridized carbons (Fsp3) is 0.462. The van der Waals surface area contributed by atoms with E-state index in [1.54, 1.807) is 12.1 Å². The van der Waals surface area contributed by atoms with E-state index >= 15 is 0 Å². The summed E-state index contributed by atoms with van der Waals surface area (Å²) >= 11 is 0. The predicted molar refractivity (Wildman–Crippen MR) is 76.3 cm³/mol. The first-order valence-electron chi connectivity index (χ1n) is 5.77. The van der Waals surface area contributed by atoms with Gasteiger partial charge in [-0.3, -0.25) is 0 Å². The van der Waals surface area contributed by atoms with Gasteiger partial charge in [-0.25, -0.2) is 4.79 Å². The Balaban J connectivity index is 0. The van der Waals surface area contributed by atoms with Crippen LogP contribution in [0.2, 0.25) is 0 Å². The second-order valence-corrected chi connectivity index (χ2v) is 3.30. The molecule has 0 spiro atoms. The molecule has 1 rings (SSSR count). The SMILES string of the molecule is CCOC(C)OCC.O=C(O)c1ccccc1O.[CaH2]. The summed E-state index contributed by atoms with van der Waals surface area (Å²) in [6.07, 6.45) is -0.0370. The van der Waals surface area contributed by atoms with E-state index in [9.17, 15) is 4.79 Å². The zero-order valence-electron chi connectivity index (χ0n) is 10.9. The van der Waals surface area contributed by atoms with Crippen molar-refractivity contribution in [3.63, 3.8) is 0 Å². The predicted octanol–water partition coefficient (Wildman–Crippen LogP) is 1.58. The van der Waals surface area contributed by atoms with Crippen molar-refractivity contribution in [1.29, 1.82) is 0 Å². The molecule has 2 N–H and O–H groups in total. The number of hydrogen-bond acceptors (Lipinski definition) is 4. The Morgan fingerprint density at radius 1 is 1.21 bits per heavy atom. The number of carboxylic acid groups (broad SMARTS) is 1. The van der Waals surface area contributed by atoms with Crippen LogP contribution < -0.4 is 0 Å². The standard InChI is InChI=1S/C7H6O3.C6H14O2.Ca.2H/c8-6-4-2-1-3-5(6)7(9)10;1-4-7-6(3)8-5-2;;;/h1-4,8H,(H,9,10);6H,4-5H2,1-3H3;;;. The summed E-state index contributed by atoms with van der Waals surface area (Å²) in [5, 5.41) is 17.3. The van der Waals surface area contributed by atoms with E-state index in [0.29, 0.717) is 0 Å². The number of benzene rings is 1. The van der Waals surface area contributed by atoms with E-state index < -0.39 is 5.97 Å². The molecule has 0 bridgehead atoms. The number of phenols is 1. The van der Waals surface area contributed by atoms with Crippen LogP contribution in [0.15, 0.2) is 24.3 Å². The van der Waals surface area contributed by atoms with Crippen LogP contribution >= 0.6 is 0 Å². The molecule has 0 aromatic heterocycles. The summed E-state index contributed by atoms with van der Waals surface area (Å²) in [4.78, 5) is 10.3. The van der Waals surface area contributed by atoms with Gasteiger partial charge in [0.05, 0.1) is 0 Å².